The minimum atomic E-state index is -1.13. The summed E-state index contributed by atoms with van der Waals surface area (Å²) >= 11 is 0. The summed E-state index contributed by atoms with van der Waals surface area (Å²) in [6.45, 7) is 0.255. The zero-order valence-corrected chi connectivity index (χ0v) is 9.27. The zero-order chi connectivity index (χ0) is 12.8. The predicted octanol–water partition coefficient (Wildman–Crippen LogP) is 1.07. The fourth-order valence-electron chi connectivity index (χ4n) is 1.18. The number of phenolic OH excluding ortho intramolecular Hbond substituents is 1. The van der Waals surface area contributed by atoms with E-state index in [-0.39, 0.29) is 35.9 Å². The second kappa shape index (κ2) is 5.86. The maximum Gasteiger partial charge on any atom is 0.335 e. The molecular weight excluding hydrogens is 226 g/mol. The van der Waals surface area contributed by atoms with E-state index in [1.54, 1.807) is 0 Å². The molecule has 3 N–H and O–H groups in total. The molecule has 0 aromatic heterocycles. The SMILES string of the molecule is COCCC(=O)Nc1cc(C(=O)O)ccc1O. The lowest BCUT2D eigenvalue weighted by molar-refractivity contribution is -0.117. The van der Waals surface area contributed by atoms with Gasteiger partial charge in [0.1, 0.15) is 5.75 Å². The number of carboxylic acids is 1. The van der Waals surface area contributed by atoms with Crippen LogP contribution in [0.4, 0.5) is 5.69 Å². The zero-order valence-electron chi connectivity index (χ0n) is 9.27. The average molecular weight is 239 g/mol. The first-order valence-corrected chi connectivity index (χ1v) is 4.89. The van der Waals surface area contributed by atoms with Crippen LogP contribution in [0, 0.1) is 0 Å². The number of phenols is 1. The monoisotopic (exact) mass is 239 g/mol. The van der Waals surface area contributed by atoms with Crippen LogP contribution in [0.1, 0.15) is 16.8 Å². The third kappa shape index (κ3) is 3.76. The second-order valence-electron chi connectivity index (χ2n) is 3.33. The number of carboxylic acid groups (broad SMARTS) is 1. The molecule has 0 atom stereocenters. The van der Waals surface area contributed by atoms with Gasteiger partial charge < -0.3 is 20.3 Å². The van der Waals surface area contributed by atoms with Gasteiger partial charge in [-0.05, 0) is 18.2 Å². The lowest BCUT2D eigenvalue weighted by Crippen LogP contribution is -2.14. The molecule has 0 aliphatic heterocycles. The molecule has 0 heterocycles. The van der Waals surface area contributed by atoms with Gasteiger partial charge in [-0.15, -0.1) is 0 Å². The highest BCUT2D eigenvalue weighted by atomic mass is 16.5. The molecule has 17 heavy (non-hydrogen) atoms. The molecule has 1 amide bonds. The fourth-order valence-corrected chi connectivity index (χ4v) is 1.18. The minimum absolute atomic E-state index is 0.00941. The third-order valence-electron chi connectivity index (χ3n) is 2.05. The van der Waals surface area contributed by atoms with Gasteiger partial charge in [0.25, 0.3) is 0 Å². The maximum atomic E-state index is 11.4. The van der Waals surface area contributed by atoms with Gasteiger partial charge in [-0.2, -0.15) is 0 Å². The molecule has 1 rings (SSSR count). The van der Waals surface area contributed by atoms with Crippen LogP contribution in [0.2, 0.25) is 0 Å². The third-order valence-corrected chi connectivity index (χ3v) is 2.05. The number of benzene rings is 1. The molecule has 0 radical (unpaired) electrons. The number of aromatic carboxylic acids is 1. The van der Waals surface area contributed by atoms with Gasteiger partial charge in [-0.25, -0.2) is 4.79 Å². The molecule has 0 saturated carbocycles. The Morgan fingerprint density at radius 2 is 2.12 bits per heavy atom. The van der Waals surface area contributed by atoms with Crippen molar-refractivity contribution in [1.82, 2.24) is 0 Å². The van der Waals surface area contributed by atoms with Gasteiger partial charge in [0.2, 0.25) is 5.91 Å². The molecule has 92 valence electrons. The summed E-state index contributed by atoms with van der Waals surface area (Å²) < 4.78 is 4.72. The van der Waals surface area contributed by atoms with E-state index in [0.29, 0.717) is 0 Å². The number of carbonyl (C=O) groups is 2. The van der Waals surface area contributed by atoms with Crippen LogP contribution in [0.25, 0.3) is 0 Å². The molecule has 0 bridgehead atoms. The normalized spacial score (nSPS) is 9.94. The number of ether oxygens (including phenoxy) is 1. The van der Waals surface area contributed by atoms with Gasteiger partial charge in [0.15, 0.2) is 0 Å². The molecule has 0 saturated heterocycles. The van der Waals surface area contributed by atoms with E-state index in [9.17, 15) is 14.7 Å². The number of nitrogens with one attached hydrogen (secondary N) is 1. The standard InChI is InChI=1S/C11H13NO5/c1-17-5-4-10(14)12-8-6-7(11(15)16)2-3-9(8)13/h2-3,6,13H,4-5H2,1H3,(H,12,14)(H,15,16). The van der Waals surface area contributed by atoms with Crippen LogP contribution in [-0.4, -0.2) is 35.8 Å². The summed E-state index contributed by atoms with van der Waals surface area (Å²) in [5.74, 6) is -1.66. The number of hydrogen-bond donors (Lipinski definition) is 3. The molecule has 0 spiro atoms. The highest BCUT2D eigenvalue weighted by Crippen LogP contribution is 2.24. The highest BCUT2D eigenvalue weighted by molar-refractivity contribution is 5.95. The van der Waals surface area contributed by atoms with Crippen molar-refractivity contribution in [2.24, 2.45) is 0 Å². The Balaban J connectivity index is 2.79. The topological polar surface area (TPSA) is 95.9 Å². The summed E-state index contributed by atoms with van der Waals surface area (Å²) in [7, 11) is 1.47. The first-order valence-electron chi connectivity index (χ1n) is 4.89. The number of amides is 1. The highest BCUT2D eigenvalue weighted by Gasteiger charge is 2.10. The van der Waals surface area contributed by atoms with E-state index < -0.39 is 5.97 Å². The van der Waals surface area contributed by atoms with Crippen LogP contribution in [0.3, 0.4) is 0 Å². The quantitative estimate of drug-likeness (QED) is 0.668. The smallest absolute Gasteiger partial charge is 0.335 e. The van der Waals surface area contributed by atoms with E-state index in [2.05, 4.69) is 5.32 Å². The molecule has 1 aromatic rings. The molecular formula is C11H13NO5. The largest absolute Gasteiger partial charge is 0.506 e. The van der Waals surface area contributed by atoms with Crippen molar-refractivity contribution in [3.8, 4) is 5.75 Å². The van der Waals surface area contributed by atoms with Gasteiger partial charge >= 0.3 is 5.97 Å². The summed E-state index contributed by atoms with van der Waals surface area (Å²) in [5.41, 5.74) is 0.0656. The molecule has 0 fully saturated rings. The van der Waals surface area contributed by atoms with Crippen LogP contribution in [0.15, 0.2) is 18.2 Å². The van der Waals surface area contributed by atoms with Crippen molar-refractivity contribution in [2.45, 2.75) is 6.42 Å². The lowest BCUT2D eigenvalue weighted by Gasteiger charge is -2.07. The lowest BCUT2D eigenvalue weighted by atomic mass is 10.2. The van der Waals surface area contributed by atoms with Crippen molar-refractivity contribution in [3.05, 3.63) is 23.8 Å². The minimum Gasteiger partial charge on any atom is -0.506 e. The number of aromatic hydroxyl groups is 1. The summed E-state index contributed by atoms with van der Waals surface area (Å²) in [5, 5.41) is 20.6. The van der Waals surface area contributed by atoms with E-state index in [1.807, 2.05) is 0 Å². The second-order valence-corrected chi connectivity index (χ2v) is 3.33. The van der Waals surface area contributed by atoms with Gasteiger partial charge in [0, 0.05) is 7.11 Å². The number of hydrogen-bond acceptors (Lipinski definition) is 4. The number of rotatable bonds is 5. The Labute approximate surface area is 97.8 Å². The van der Waals surface area contributed by atoms with E-state index in [1.165, 1.54) is 25.3 Å². The van der Waals surface area contributed by atoms with Crippen molar-refractivity contribution in [2.75, 3.05) is 19.0 Å². The summed E-state index contributed by atoms with van der Waals surface area (Å²) in [4.78, 5) is 22.1. The van der Waals surface area contributed by atoms with Crippen LogP contribution in [0.5, 0.6) is 5.75 Å². The van der Waals surface area contributed by atoms with E-state index in [4.69, 9.17) is 9.84 Å². The Bertz CT molecular complexity index is 430. The van der Waals surface area contributed by atoms with E-state index in [0.717, 1.165) is 0 Å². The fraction of sp³-hybridized carbons (Fsp3) is 0.273. The van der Waals surface area contributed by atoms with Crippen molar-refractivity contribution in [3.63, 3.8) is 0 Å². The first-order chi connectivity index (χ1) is 8.04. The molecule has 1 aromatic carbocycles. The van der Waals surface area contributed by atoms with Crippen molar-refractivity contribution in [1.29, 1.82) is 0 Å². The molecule has 6 nitrogen and oxygen atoms in total. The van der Waals surface area contributed by atoms with Crippen molar-refractivity contribution >= 4 is 17.6 Å². The Morgan fingerprint density at radius 3 is 2.71 bits per heavy atom. The Kier molecular flexibility index (Phi) is 4.47. The number of methoxy groups -OCH3 is 1. The first kappa shape index (κ1) is 13.0. The predicted molar refractivity (Wildman–Crippen MR) is 60.2 cm³/mol. The van der Waals surface area contributed by atoms with Crippen LogP contribution < -0.4 is 5.32 Å². The van der Waals surface area contributed by atoms with Gasteiger partial charge in [-0.3, -0.25) is 4.79 Å². The number of carbonyl (C=O) groups excluding carboxylic acids is 1. The Morgan fingerprint density at radius 1 is 1.41 bits per heavy atom. The maximum absolute atomic E-state index is 11.4. The van der Waals surface area contributed by atoms with Gasteiger partial charge in [-0.1, -0.05) is 0 Å². The Hall–Kier alpha value is -2.08. The summed E-state index contributed by atoms with van der Waals surface area (Å²) in [6, 6.07) is 3.67. The van der Waals surface area contributed by atoms with E-state index >= 15 is 0 Å². The molecule has 6 heteroatoms. The average Bonchev–Trinajstić information content (AvgIpc) is 2.29. The molecule has 0 aliphatic carbocycles. The number of anilines is 1. The molecule has 0 aliphatic rings. The van der Waals surface area contributed by atoms with Crippen LogP contribution >= 0.6 is 0 Å². The summed E-state index contributed by atoms with van der Waals surface area (Å²) in [6.07, 6.45) is 0.132. The van der Waals surface area contributed by atoms with Crippen molar-refractivity contribution < 1.29 is 24.5 Å². The molecule has 0 unspecified atom stereocenters. The van der Waals surface area contributed by atoms with Crippen LogP contribution in [-0.2, 0) is 9.53 Å². The van der Waals surface area contributed by atoms with Gasteiger partial charge in [0.05, 0.1) is 24.3 Å².